The number of H-pyrrole nitrogens is 1. The number of ether oxygens (including phenoxy) is 1. The topological polar surface area (TPSA) is 104 Å². The molecular weight excluding hydrogens is 464 g/mol. The van der Waals surface area contributed by atoms with Gasteiger partial charge in [0.15, 0.2) is 0 Å². The van der Waals surface area contributed by atoms with Crippen LogP contribution in [0.15, 0.2) is 53.4 Å². The first kappa shape index (κ1) is 23.5. The average Bonchev–Trinajstić information content (AvgIpc) is 3.20. The van der Waals surface area contributed by atoms with Crippen LogP contribution in [0.1, 0.15) is 32.0 Å². The number of hydrogen-bond acceptors (Lipinski definition) is 5. The van der Waals surface area contributed by atoms with Crippen molar-refractivity contribution in [3.05, 3.63) is 59.4 Å². The van der Waals surface area contributed by atoms with Crippen molar-refractivity contribution in [1.82, 2.24) is 19.6 Å². The molecular formula is C23H27ClN4O4S. The van der Waals surface area contributed by atoms with Gasteiger partial charge in [0.2, 0.25) is 10.0 Å². The fraction of sp³-hybridized carbons (Fsp3) is 0.391. The van der Waals surface area contributed by atoms with Gasteiger partial charge in [0.05, 0.1) is 22.0 Å². The number of alkyl carbamates (subject to hydrolysis) is 1. The lowest BCUT2D eigenvalue weighted by atomic mass is 10.0. The van der Waals surface area contributed by atoms with Crippen LogP contribution in [-0.4, -0.2) is 54.0 Å². The van der Waals surface area contributed by atoms with Gasteiger partial charge >= 0.3 is 6.09 Å². The number of piperidine rings is 1. The maximum atomic E-state index is 13.3. The summed E-state index contributed by atoms with van der Waals surface area (Å²) in [5.74, 6) is 0.776. The second kappa shape index (κ2) is 10.1. The number of carbonyl (C=O) groups excluding carboxylic acids is 1. The van der Waals surface area contributed by atoms with Crippen molar-refractivity contribution in [3.8, 4) is 0 Å². The summed E-state index contributed by atoms with van der Waals surface area (Å²) < 4.78 is 33.4. The van der Waals surface area contributed by atoms with Crippen LogP contribution in [0.25, 0.3) is 11.0 Å². The Labute approximate surface area is 198 Å². The third-order valence-electron chi connectivity index (χ3n) is 5.82. The summed E-state index contributed by atoms with van der Waals surface area (Å²) in [4.78, 5) is 20.1. The van der Waals surface area contributed by atoms with Gasteiger partial charge in [-0.25, -0.2) is 18.2 Å². The van der Waals surface area contributed by atoms with Gasteiger partial charge in [-0.3, -0.25) is 0 Å². The van der Waals surface area contributed by atoms with Gasteiger partial charge in [-0.15, -0.1) is 0 Å². The van der Waals surface area contributed by atoms with E-state index in [1.807, 2.05) is 31.2 Å². The fourth-order valence-electron chi connectivity index (χ4n) is 4.21. The Kier molecular flexibility index (Phi) is 7.21. The third kappa shape index (κ3) is 5.48. The maximum absolute atomic E-state index is 13.3. The van der Waals surface area contributed by atoms with Crippen molar-refractivity contribution in [2.45, 2.75) is 49.6 Å². The van der Waals surface area contributed by atoms with E-state index in [1.165, 1.54) is 16.4 Å². The van der Waals surface area contributed by atoms with Crippen LogP contribution in [0.3, 0.4) is 0 Å². The number of carbonyl (C=O) groups is 1. The molecule has 0 aliphatic carbocycles. The van der Waals surface area contributed by atoms with Crippen LogP contribution in [0.2, 0.25) is 5.02 Å². The second-order valence-electron chi connectivity index (χ2n) is 8.20. The van der Waals surface area contributed by atoms with Gasteiger partial charge in [-0.05, 0) is 56.2 Å². The number of sulfonamides is 1. The number of aromatic nitrogens is 2. The molecule has 1 aromatic heterocycles. The molecule has 0 radical (unpaired) electrons. The Bertz CT molecular complexity index is 1180. The van der Waals surface area contributed by atoms with E-state index >= 15 is 0 Å². The zero-order valence-corrected chi connectivity index (χ0v) is 19.9. The van der Waals surface area contributed by atoms with Gasteiger partial charge in [-0.2, -0.15) is 4.31 Å². The molecule has 1 aliphatic rings. The highest BCUT2D eigenvalue weighted by Crippen LogP contribution is 2.30. The molecule has 4 rings (SSSR count). The second-order valence-corrected chi connectivity index (χ2v) is 10.5. The van der Waals surface area contributed by atoms with Crippen LogP contribution in [0.5, 0.6) is 0 Å². The lowest BCUT2D eigenvalue weighted by Crippen LogP contribution is -2.51. The maximum Gasteiger partial charge on any atom is 0.407 e. The summed E-state index contributed by atoms with van der Waals surface area (Å²) in [6, 6.07) is 13.2. The Morgan fingerprint density at radius 3 is 2.73 bits per heavy atom. The minimum Gasteiger partial charge on any atom is -0.448 e. The van der Waals surface area contributed by atoms with Gasteiger partial charge in [0.25, 0.3) is 0 Å². The monoisotopic (exact) mass is 490 g/mol. The number of nitrogens with zero attached hydrogens (tertiary/aromatic N) is 2. The molecule has 2 heterocycles. The molecule has 1 saturated heterocycles. The van der Waals surface area contributed by atoms with Crippen LogP contribution in [0.4, 0.5) is 4.79 Å². The molecule has 2 atom stereocenters. The smallest absolute Gasteiger partial charge is 0.407 e. The SMILES string of the molecule is C[C@@H]1CCC[C@H](COC(=O)NCCc2nc3ccccc3[nH]2)N1S(=O)(=O)c1ccc(Cl)cc1. The summed E-state index contributed by atoms with van der Waals surface area (Å²) in [6.07, 6.45) is 2.21. The zero-order valence-electron chi connectivity index (χ0n) is 18.3. The minimum atomic E-state index is -3.74. The van der Waals surface area contributed by atoms with Crippen molar-refractivity contribution >= 4 is 38.8 Å². The highest BCUT2D eigenvalue weighted by atomic mass is 35.5. The molecule has 1 fully saturated rings. The Balaban J connectivity index is 1.33. The molecule has 0 saturated carbocycles. The van der Waals surface area contributed by atoms with E-state index in [4.69, 9.17) is 16.3 Å². The number of para-hydroxylation sites is 2. The number of benzene rings is 2. The van der Waals surface area contributed by atoms with Crippen molar-refractivity contribution < 1.29 is 17.9 Å². The van der Waals surface area contributed by atoms with Crippen LogP contribution in [0, 0.1) is 0 Å². The highest BCUT2D eigenvalue weighted by Gasteiger charge is 2.38. The molecule has 3 aromatic rings. The average molecular weight is 491 g/mol. The molecule has 0 spiro atoms. The van der Waals surface area contributed by atoms with Crippen LogP contribution < -0.4 is 5.32 Å². The van der Waals surface area contributed by atoms with Crippen molar-refractivity contribution in [2.24, 2.45) is 0 Å². The Hall–Kier alpha value is -2.62. The molecule has 1 aliphatic heterocycles. The first-order valence-electron chi connectivity index (χ1n) is 11.0. The van der Waals surface area contributed by atoms with E-state index in [0.29, 0.717) is 24.4 Å². The molecule has 8 nitrogen and oxygen atoms in total. The van der Waals surface area contributed by atoms with E-state index in [9.17, 15) is 13.2 Å². The summed E-state index contributed by atoms with van der Waals surface area (Å²) in [5, 5.41) is 3.19. The molecule has 176 valence electrons. The minimum absolute atomic E-state index is 0.00632. The molecule has 0 bridgehead atoms. The van der Waals surface area contributed by atoms with Crippen LogP contribution >= 0.6 is 11.6 Å². The normalized spacial score (nSPS) is 19.5. The molecule has 0 unspecified atom stereocenters. The first-order chi connectivity index (χ1) is 15.8. The lowest BCUT2D eigenvalue weighted by molar-refractivity contribution is 0.0894. The Morgan fingerprint density at radius 1 is 1.21 bits per heavy atom. The number of amides is 1. The van der Waals surface area contributed by atoms with E-state index in [1.54, 1.807) is 12.1 Å². The van der Waals surface area contributed by atoms with Crippen molar-refractivity contribution in [3.63, 3.8) is 0 Å². The first-order valence-corrected chi connectivity index (χ1v) is 12.8. The fourth-order valence-corrected chi connectivity index (χ4v) is 6.20. The zero-order chi connectivity index (χ0) is 23.4. The molecule has 33 heavy (non-hydrogen) atoms. The third-order valence-corrected chi connectivity index (χ3v) is 8.15. The number of fused-ring (bicyclic) bond motifs is 1. The predicted molar refractivity (Wildman–Crippen MR) is 127 cm³/mol. The summed E-state index contributed by atoms with van der Waals surface area (Å²) in [5.41, 5.74) is 1.83. The highest BCUT2D eigenvalue weighted by molar-refractivity contribution is 7.89. The summed E-state index contributed by atoms with van der Waals surface area (Å²) >= 11 is 5.91. The molecule has 1 amide bonds. The lowest BCUT2D eigenvalue weighted by Gasteiger charge is -2.39. The number of aromatic amines is 1. The van der Waals surface area contributed by atoms with Crippen molar-refractivity contribution in [2.75, 3.05) is 13.2 Å². The number of halogens is 1. The number of imidazole rings is 1. The van der Waals surface area contributed by atoms with E-state index in [2.05, 4.69) is 15.3 Å². The predicted octanol–water partition coefficient (Wildman–Crippen LogP) is 4.12. The number of rotatable bonds is 7. The van der Waals surface area contributed by atoms with E-state index in [-0.39, 0.29) is 17.5 Å². The van der Waals surface area contributed by atoms with Gasteiger partial charge in [-0.1, -0.05) is 30.2 Å². The van der Waals surface area contributed by atoms with Crippen LogP contribution in [-0.2, 0) is 21.2 Å². The van der Waals surface area contributed by atoms with E-state index in [0.717, 1.165) is 29.7 Å². The summed E-state index contributed by atoms with van der Waals surface area (Å²) in [6.45, 7) is 2.23. The largest absolute Gasteiger partial charge is 0.448 e. The quantitative estimate of drug-likeness (QED) is 0.518. The standard InChI is InChI=1S/C23H27ClN4O4S/c1-16-5-4-6-18(28(16)33(30,31)19-11-9-17(24)10-12-19)15-32-23(29)25-14-13-22-26-20-7-2-3-8-21(20)27-22/h2-3,7-12,16,18H,4-6,13-15H2,1H3,(H,25,29)(H,26,27)/t16-,18-/m1/s1. The number of hydrogen-bond donors (Lipinski definition) is 2. The molecule has 10 heteroatoms. The van der Waals surface area contributed by atoms with Crippen molar-refractivity contribution in [1.29, 1.82) is 0 Å². The molecule has 2 N–H and O–H groups in total. The Morgan fingerprint density at radius 2 is 1.97 bits per heavy atom. The van der Waals surface area contributed by atoms with Gasteiger partial charge in [0.1, 0.15) is 12.4 Å². The van der Waals surface area contributed by atoms with Gasteiger partial charge in [0, 0.05) is 24.0 Å². The number of nitrogens with one attached hydrogen (secondary N) is 2. The van der Waals surface area contributed by atoms with Gasteiger partial charge < -0.3 is 15.0 Å². The summed E-state index contributed by atoms with van der Waals surface area (Å²) in [7, 11) is -3.74. The molecule has 2 aromatic carbocycles. The van der Waals surface area contributed by atoms with E-state index < -0.39 is 22.2 Å².